The molecule has 0 saturated carbocycles. The normalized spacial score (nSPS) is 16.7. The van der Waals surface area contributed by atoms with Gasteiger partial charge in [-0.15, -0.1) is 11.8 Å². The molecule has 1 aromatic heterocycles. The van der Waals surface area contributed by atoms with Gasteiger partial charge in [-0.1, -0.05) is 37.3 Å². The summed E-state index contributed by atoms with van der Waals surface area (Å²) in [7, 11) is 0. The minimum absolute atomic E-state index is 0.0189. The molecule has 1 amide bonds. The summed E-state index contributed by atoms with van der Waals surface area (Å²) in [5.41, 5.74) is 1.55. The fourth-order valence-electron chi connectivity index (χ4n) is 2.85. The second-order valence-electron chi connectivity index (χ2n) is 6.14. The molecule has 3 rings (SSSR count). The van der Waals surface area contributed by atoms with Crippen molar-refractivity contribution in [3.63, 3.8) is 0 Å². The van der Waals surface area contributed by atoms with E-state index in [1.54, 1.807) is 16.7 Å². The van der Waals surface area contributed by atoms with Crippen LogP contribution in [0.15, 0.2) is 36.7 Å². The zero-order valence-corrected chi connectivity index (χ0v) is 15.5. The number of aryl methyl sites for hydroxylation is 1. The third-order valence-corrected chi connectivity index (χ3v) is 5.27. The first-order chi connectivity index (χ1) is 12.7. The Morgan fingerprint density at radius 2 is 2.15 bits per heavy atom. The van der Waals surface area contributed by atoms with E-state index in [1.807, 2.05) is 25.1 Å². The molecule has 0 N–H and O–H groups in total. The fraction of sp³-hybridized carbons (Fsp3) is 0.421. The Bertz CT molecular complexity index is 745. The predicted molar refractivity (Wildman–Crippen MR) is 99.6 cm³/mol. The standard InChI is InChI=1S/C19H22FN3O2S/c1-2-16-18(20)19(22-13-21-16)25-15-8-9-23(10-15)17(24)12-26-11-14-6-4-3-5-7-14/h3-7,13,15H,2,8-12H2,1H3/t15-/m0/s1. The van der Waals surface area contributed by atoms with Gasteiger partial charge >= 0.3 is 0 Å². The molecule has 1 fully saturated rings. The molecule has 0 aliphatic carbocycles. The number of aromatic nitrogens is 2. The summed E-state index contributed by atoms with van der Waals surface area (Å²) in [6, 6.07) is 10.1. The molecule has 0 bridgehead atoms. The van der Waals surface area contributed by atoms with Gasteiger partial charge in [-0.2, -0.15) is 9.37 Å². The molecule has 2 heterocycles. The van der Waals surface area contributed by atoms with Gasteiger partial charge in [-0.3, -0.25) is 4.79 Å². The first kappa shape index (κ1) is 18.6. The molecule has 1 aliphatic heterocycles. The molecule has 1 aliphatic rings. The van der Waals surface area contributed by atoms with E-state index in [0.29, 0.717) is 37.4 Å². The van der Waals surface area contributed by atoms with Gasteiger partial charge in [0.05, 0.1) is 18.0 Å². The topological polar surface area (TPSA) is 55.3 Å². The maximum atomic E-state index is 14.2. The molecule has 5 nitrogen and oxygen atoms in total. The number of thioether (sulfide) groups is 1. The zero-order valence-electron chi connectivity index (χ0n) is 14.7. The van der Waals surface area contributed by atoms with Crippen LogP contribution in [0.3, 0.4) is 0 Å². The minimum Gasteiger partial charge on any atom is -0.470 e. The lowest BCUT2D eigenvalue weighted by Gasteiger charge is -2.17. The molecule has 0 radical (unpaired) electrons. The number of benzene rings is 1. The fourth-order valence-corrected chi connectivity index (χ4v) is 3.73. The minimum atomic E-state index is -0.502. The molecule has 138 valence electrons. The van der Waals surface area contributed by atoms with Crippen molar-refractivity contribution < 1.29 is 13.9 Å². The Labute approximate surface area is 157 Å². The number of hydrogen-bond acceptors (Lipinski definition) is 5. The molecule has 7 heteroatoms. The van der Waals surface area contributed by atoms with E-state index >= 15 is 0 Å². The second kappa shape index (κ2) is 8.98. The zero-order chi connectivity index (χ0) is 18.4. The average molecular weight is 375 g/mol. The quantitative estimate of drug-likeness (QED) is 0.744. The van der Waals surface area contributed by atoms with Crippen molar-refractivity contribution in [3.8, 4) is 5.88 Å². The summed E-state index contributed by atoms with van der Waals surface area (Å²) in [6.45, 7) is 2.93. The molecule has 26 heavy (non-hydrogen) atoms. The molecule has 1 aromatic carbocycles. The largest absolute Gasteiger partial charge is 0.470 e. The summed E-state index contributed by atoms with van der Waals surface area (Å²) >= 11 is 1.60. The number of halogens is 1. The van der Waals surface area contributed by atoms with Crippen LogP contribution in [-0.2, 0) is 17.0 Å². The van der Waals surface area contributed by atoms with E-state index in [4.69, 9.17) is 4.74 Å². The summed E-state index contributed by atoms with van der Waals surface area (Å²) in [5.74, 6) is 0.817. The highest BCUT2D eigenvalue weighted by Gasteiger charge is 2.28. The van der Waals surface area contributed by atoms with Gasteiger partial charge in [0, 0.05) is 18.7 Å². The lowest BCUT2D eigenvalue weighted by molar-refractivity contribution is -0.127. The first-order valence-corrected chi connectivity index (χ1v) is 9.88. The highest BCUT2D eigenvalue weighted by molar-refractivity contribution is 7.99. The number of hydrogen-bond donors (Lipinski definition) is 0. The monoisotopic (exact) mass is 375 g/mol. The summed E-state index contributed by atoms with van der Waals surface area (Å²) < 4.78 is 19.9. The summed E-state index contributed by atoms with van der Waals surface area (Å²) in [5, 5.41) is 0. The highest BCUT2D eigenvalue weighted by atomic mass is 32.2. The molecule has 0 spiro atoms. The first-order valence-electron chi connectivity index (χ1n) is 8.72. The lowest BCUT2D eigenvalue weighted by atomic mass is 10.2. The number of rotatable bonds is 7. The number of amides is 1. The van der Waals surface area contributed by atoms with Crippen LogP contribution in [0, 0.1) is 5.82 Å². The Kier molecular flexibility index (Phi) is 6.44. The van der Waals surface area contributed by atoms with Crippen LogP contribution in [0.2, 0.25) is 0 Å². The average Bonchev–Trinajstić information content (AvgIpc) is 3.13. The Morgan fingerprint density at radius 3 is 2.92 bits per heavy atom. The molecule has 2 aromatic rings. The maximum absolute atomic E-state index is 14.2. The van der Waals surface area contributed by atoms with Crippen molar-refractivity contribution in [1.82, 2.24) is 14.9 Å². The summed E-state index contributed by atoms with van der Waals surface area (Å²) in [4.78, 5) is 21.9. The van der Waals surface area contributed by atoms with Crippen LogP contribution >= 0.6 is 11.8 Å². The van der Waals surface area contributed by atoms with Crippen molar-refractivity contribution in [3.05, 3.63) is 53.7 Å². The van der Waals surface area contributed by atoms with Crippen LogP contribution in [0.4, 0.5) is 4.39 Å². The number of ether oxygens (including phenoxy) is 1. The van der Waals surface area contributed by atoms with Crippen molar-refractivity contribution in [2.45, 2.75) is 31.6 Å². The highest BCUT2D eigenvalue weighted by Crippen LogP contribution is 2.22. The van der Waals surface area contributed by atoms with E-state index in [1.165, 1.54) is 11.9 Å². The van der Waals surface area contributed by atoms with Gasteiger partial charge in [-0.05, 0) is 12.0 Å². The van der Waals surface area contributed by atoms with E-state index in [2.05, 4.69) is 22.1 Å². The van der Waals surface area contributed by atoms with Gasteiger partial charge in [-0.25, -0.2) is 4.98 Å². The molecule has 0 unspecified atom stereocenters. The van der Waals surface area contributed by atoms with Gasteiger partial charge in [0.1, 0.15) is 12.4 Å². The molecule has 1 saturated heterocycles. The summed E-state index contributed by atoms with van der Waals surface area (Å²) in [6.07, 6.45) is 2.25. The number of carbonyl (C=O) groups excluding carboxylic acids is 1. The van der Waals surface area contributed by atoms with Crippen LogP contribution < -0.4 is 4.74 Å². The Balaban J connectivity index is 1.46. The van der Waals surface area contributed by atoms with E-state index < -0.39 is 5.82 Å². The number of nitrogens with zero attached hydrogens (tertiary/aromatic N) is 3. The van der Waals surface area contributed by atoms with Gasteiger partial charge in [0.2, 0.25) is 11.7 Å². The maximum Gasteiger partial charge on any atom is 0.254 e. The SMILES string of the molecule is CCc1ncnc(O[C@H]2CCN(C(=O)CSCc3ccccc3)C2)c1F. The number of likely N-dealkylation sites (tertiary alicyclic amines) is 1. The van der Waals surface area contributed by atoms with Crippen LogP contribution in [0.5, 0.6) is 5.88 Å². The smallest absolute Gasteiger partial charge is 0.254 e. The molecule has 1 atom stereocenters. The number of carbonyl (C=O) groups is 1. The second-order valence-corrected chi connectivity index (χ2v) is 7.13. The molecular formula is C19H22FN3O2S. The van der Waals surface area contributed by atoms with E-state index in [-0.39, 0.29) is 17.9 Å². The van der Waals surface area contributed by atoms with Crippen molar-refractivity contribution in [2.24, 2.45) is 0 Å². The third kappa shape index (κ3) is 4.72. The van der Waals surface area contributed by atoms with E-state index in [9.17, 15) is 9.18 Å². The van der Waals surface area contributed by atoms with Gasteiger partial charge in [0.25, 0.3) is 5.88 Å². The molecular weight excluding hydrogens is 353 g/mol. The van der Waals surface area contributed by atoms with Gasteiger partial charge in [0.15, 0.2) is 0 Å². The van der Waals surface area contributed by atoms with Crippen LogP contribution in [0.25, 0.3) is 0 Å². The van der Waals surface area contributed by atoms with E-state index in [0.717, 1.165) is 5.75 Å². The van der Waals surface area contributed by atoms with Gasteiger partial charge < -0.3 is 9.64 Å². The van der Waals surface area contributed by atoms with Crippen molar-refractivity contribution >= 4 is 17.7 Å². The Morgan fingerprint density at radius 1 is 1.35 bits per heavy atom. The third-order valence-electron chi connectivity index (χ3n) is 4.28. The van der Waals surface area contributed by atoms with Crippen molar-refractivity contribution in [1.29, 1.82) is 0 Å². The van der Waals surface area contributed by atoms with Crippen LogP contribution in [-0.4, -0.2) is 45.7 Å². The lowest BCUT2D eigenvalue weighted by Crippen LogP contribution is -2.32. The Hall–Kier alpha value is -2.15. The van der Waals surface area contributed by atoms with Crippen molar-refractivity contribution in [2.75, 3.05) is 18.8 Å². The predicted octanol–water partition coefficient (Wildman–Crippen LogP) is 3.09. The van der Waals surface area contributed by atoms with Crippen LogP contribution in [0.1, 0.15) is 24.6 Å².